The van der Waals surface area contributed by atoms with E-state index < -0.39 is 6.04 Å². The molecule has 2 amide bonds. The number of carbonyl (C=O) groups is 2. The van der Waals surface area contributed by atoms with Gasteiger partial charge in [-0.1, -0.05) is 84.9 Å². The first-order chi connectivity index (χ1) is 19.0. The van der Waals surface area contributed by atoms with Crippen molar-refractivity contribution >= 4 is 46.8 Å². The topological polar surface area (TPSA) is 49.4 Å². The average molecular weight is 584 g/mol. The summed E-state index contributed by atoms with van der Waals surface area (Å²) in [7, 11) is 0. The van der Waals surface area contributed by atoms with Crippen molar-refractivity contribution in [2.75, 3.05) is 5.75 Å². The number of rotatable bonds is 12. The number of benzene rings is 3. The molecule has 1 saturated carbocycles. The fourth-order valence-electron chi connectivity index (χ4n) is 5.02. The Balaban J connectivity index is 1.51. The molecule has 206 valence electrons. The minimum Gasteiger partial charge on any atom is -0.352 e. The van der Waals surface area contributed by atoms with Gasteiger partial charge in [0.15, 0.2) is 0 Å². The van der Waals surface area contributed by atoms with Gasteiger partial charge in [-0.3, -0.25) is 9.59 Å². The first kappa shape index (κ1) is 29.5. The maximum absolute atomic E-state index is 13.8. The highest BCUT2D eigenvalue weighted by atomic mass is 35.5. The zero-order valence-electron chi connectivity index (χ0n) is 22.2. The van der Waals surface area contributed by atoms with E-state index in [0.717, 1.165) is 47.5 Å². The van der Waals surface area contributed by atoms with Gasteiger partial charge in [0.2, 0.25) is 11.8 Å². The highest BCUT2D eigenvalue weighted by molar-refractivity contribution is 7.99. The van der Waals surface area contributed by atoms with Crippen LogP contribution >= 0.6 is 35.0 Å². The summed E-state index contributed by atoms with van der Waals surface area (Å²) in [5, 5.41) is 4.62. The second kappa shape index (κ2) is 15.4. The van der Waals surface area contributed by atoms with Crippen molar-refractivity contribution in [2.45, 2.75) is 74.9 Å². The molecule has 0 radical (unpaired) electrons. The van der Waals surface area contributed by atoms with Gasteiger partial charge >= 0.3 is 0 Å². The summed E-state index contributed by atoms with van der Waals surface area (Å²) in [5.74, 6) is 0.707. The van der Waals surface area contributed by atoms with E-state index in [4.69, 9.17) is 23.2 Å². The van der Waals surface area contributed by atoms with Crippen LogP contribution in [0.3, 0.4) is 0 Å². The van der Waals surface area contributed by atoms with Gasteiger partial charge in [-0.25, -0.2) is 0 Å². The van der Waals surface area contributed by atoms with Crippen LogP contribution in [0.1, 0.15) is 56.1 Å². The molecule has 0 bridgehead atoms. The predicted octanol–water partition coefficient (Wildman–Crippen LogP) is 7.95. The van der Waals surface area contributed by atoms with Gasteiger partial charge in [-0.2, -0.15) is 0 Å². The molecule has 3 aromatic rings. The van der Waals surface area contributed by atoms with Gasteiger partial charge in [-0.15, -0.1) is 11.8 Å². The smallest absolute Gasteiger partial charge is 0.243 e. The molecule has 1 aliphatic rings. The quantitative estimate of drug-likeness (QED) is 0.174. The molecule has 0 spiro atoms. The lowest BCUT2D eigenvalue weighted by Gasteiger charge is -2.33. The van der Waals surface area contributed by atoms with Gasteiger partial charge < -0.3 is 10.2 Å². The molecule has 1 fully saturated rings. The third-order valence-electron chi connectivity index (χ3n) is 7.08. The highest BCUT2D eigenvalue weighted by Crippen LogP contribution is 2.24. The van der Waals surface area contributed by atoms with Crippen LogP contribution in [0.15, 0.2) is 83.8 Å². The average Bonchev–Trinajstić information content (AvgIpc) is 2.95. The Morgan fingerprint density at radius 1 is 0.872 bits per heavy atom. The van der Waals surface area contributed by atoms with E-state index in [-0.39, 0.29) is 17.9 Å². The largest absolute Gasteiger partial charge is 0.352 e. The van der Waals surface area contributed by atoms with Crippen LogP contribution in [0.25, 0.3) is 0 Å². The highest BCUT2D eigenvalue weighted by Gasteiger charge is 2.31. The van der Waals surface area contributed by atoms with Crippen LogP contribution < -0.4 is 5.32 Å². The fraction of sp³-hybridized carbons (Fsp3) is 0.375. The third kappa shape index (κ3) is 9.59. The van der Waals surface area contributed by atoms with Gasteiger partial charge in [0.05, 0.1) is 0 Å². The second-order valence-corrected chi connectivity index (χ2v) is 12.1. The Bertz CT molecular complexity index is 1200. The molecule has 1 N–H and O–H groups in total. The Kier molecular flexibility index (Phi) is 11.6. The monoisotopic (exact) mass is 582 g/mol. The van der Waals surface area contributed by atoms with Crippen LogP contribution in [0, 0.1) is 0 Å². The lowest BCUT2D eigenvalue weighted by Crippen LogP contribution is -2.52. The number of amides is 2. The van der Waals surface area contributed by atoms with Crippen LogP contribution in [0.2, 0.25) is 10.0 Å². The van der Waals surface area contributed by atoms with Crippen LogP contribution in [-0.2, 0) is 22.6 Å². The molecule has 0 unspecified atom stereocenters. The van der Waals surface area contributed by atoms with Crippen LogP contribution in [0.4, 0.5) is 0 Å². The molecular formula is C32H36Cl2N2O2S. The molecular weight excluding hydrogens is 547 g/mol. The van der Waals surface area contributed by atoms with Crippen LogP contribution in [-0.4, -0.2) is 34.6 Å². The number of halogens is 2. The normalized spacial score (nSPS) is 14.5. The molecule has 3 aromatic carbocycles. The molecule has 0 aliphatic heterocycles. The molecule has 39 heavy (non-hydrogen) atoms. The van der Waals surface area contributed by atoms with Crippen molar-refractivity contribution in [1.82, 2.24) is 10.2 Å². The minimum atomic E-state index is -0.607. The maximum atomic E-state index is 13.8. The molecule has 1 atom stereocenters. The number of carbonyl (C=O) groups excluding carboxylic acids is 2. The molecule has 4 rings (SSSR count). The van der Waals surface area contributed by atoms with Crippen LogP contribution in [0.5, 0.6) is 0 Å². The minimum absolute atomic E-state index is 0.0218. The molecule has 0 aromatic heterocycles. The van der Waals surface area contributed by atoms with E-state index in [1.165, 1.54) is 6.42 Å². The van der Waals surface area contributed by atoms with Gasteiger partial charge in [-0.05, 0) is 72.5 Å². The zero-order chi connectivity index (χ0) is 27.5. The summed E-state index contributed by atoms with van der Waals surface area (Å²) < 4.78 is 0. The lowest BCUT2D eigenvalue weighted by molar-refractivity contribution is -0.141. The van der Waals surface area contributed by atoms with Crippen molar-refractivity contribution < 1.29 is 9.59 Å². The maximum Gasteiger partial charge on any atom is 0.243 e. The van der Waals surface area contributed by atoms with E-state index in [1.54, 1.807) is 16.7 Å². The first-order valence-electron chi connectivity index (χ1n) is 13.7. The van der Waals surface area contributed by atoms with Crippen molar-refractivity contribution in [2.24, 2.45) is 0 Å². The molecule has 4 nitrogen and oxygen atoms in total. The van der Waals surface area contributed by atoms with Gasteiger partial charge in [0.1, 0.15) is 6.04 Å². The predicted molar refractivity (Wildman–Crippen MR) is 162 cm³/mol. The molecule has 0 heterocycles. The van der Waals surface area contributed by atoms with Crippen molar-refractivity contribution in [3.63, 3.8) is 0 Å². The van der Waals surface area contributed by atoms with Crippen molar-refractivity contribution in [1.29, 1.82) is 0 Å². The van der Waals surface area contributed by atoms with E-state index in [2.05, 4.69) is 5.32 Å². The Labute approximate surface area is 246 Å². The molecule has 0 saturated heterocycles. The summed E-state index contributed by atoms with van der Waals surface area (Å²) >= 11 is 14.0. The Morgan fingerprint density at radius 2 is 1.59 bits per heavy atom. The fourth-order valence-corrected chi connectivity index (χ4v) is 6.21. The third-order valence-corrected chi connectivity index (χ3v) is 8.67. The standard InChI is InChI=1S/C32H36Cl2N2O2S/c33-26-16-18-29(19-17-26)39-20-8-15-31(37)36(23-25-11-7-12-27(34)21-25)30(22-24-9-3-1-4-10-24)32(38)35-28-13-5-2-6-14-28/h1,3-4,7,9-12,16-19,21,28,30H,2,5-6,8,13-15,20,22-23H2,(H,35,38)/t30-/m0/s1. The summed E-state index contributed by atoms with van der Waals surface area (Å²) in [4.78, 5) is 30.5. The van der Waals surface area contributed by atoms with E-state index in [0.29, 0.717) is 35.9 Å². The van der Waals surface area contributed by atoms with Crippen molar-refractivity contribution in [3.8, 4) is 0 Å². The lowest BCUT2D eigenvalue weighted by atomic mass is 9.94. The van der Waals surface area contributed by atoms with Gasteiger partial charge in [0.25, 0.3) is 0 Å². The number of hydrogen-bond acceptors (Lipinski definition) is 3. The van der Waals surface area contributed by atoms with Gasteiger partial charge in [0, 0.05) is 40.4 Å². The number of thioether (sulfide) groups is 1. The summed E-state index contributed by atoms with van der Waals surface area (Å²) in [6, 6.07) is 24.8. The second-order valence-electron chi connectivity index (χ2n) is 10.1. The van der Waals surface area contributed by atoms with Crippen molar-refractivity contribution in [3.05, 3.63) is 100 Å². The summed E-state index contributed by atoms with van der Waals surface area (Å²) in [6.07, 6.45) is 7.00. The first-order valence-corrected chi connectivity index (χ1v) is 15.5. The summed E-state index contributed by atoms with van der Waals surface area (Å²) in [6.45, 7) is 0.333. The molecule has 7 heteroatoms. The number of hydrogen-bond donors (Lipinski definition) is 1. The number of nitrogens with zero attached hydrogens (tertiary/aromatic N) is 1. The van der Waals surface area contributed by atoms with E-state index in [9.17, 15) is 9.59 Å². The summed E-state index contributed by atoms with van der Waals surface area (Å²) in [5.41, 5.74) is 1.94. The van der Waals surface area contributed by atoms with E-state index in [1.807, 2.05) is 78.9 Å². The molecule has 1 aliphatic carbocycles. The Morgan fingerprint density at radius 3 is 2.31 bits per heavy atom. The zero-order valence-corrected chi connectivity index (χ0v) is 24.5. The number of nitrogens with one attached hydrogen (secondary N) is 1. The Hall–Kier alpha value is -2.47. The SMILES string of the molecule is O=C(NC1CCCCC1)[C@H](Cc1ccccc1)N(Cc1cccc(Cl)c1)C(=O)CCCSc1ccc(Cl)cc1. The van der Waals surface area contributed by atoms with E-state index >= 15 is 0 Å².